The highest BCUT2D eigenvalue weighted by Crippen LogP contribution is 2.32. The van der Waals surface area contributed by atoms with Crippen molar-refractivity contribution in [1.29, 1.82) is 0 Å². The minimum atomic E-state index is -4.41. The summed E-state index contributed by atoms with van der Waals surface area (Å²) in [4.78, 5) is -0.0562. The number of ether oxygens (including phenoxy) is 1. The molecule has 0 saturated carbocycles. The highest BCUT2D eigenvalue weighted by molar-refractivity contribution is 7.80. The number of nitrogens with one attached hydrogen (secondary N) is 1. The fourth-order valence-corrected chi connectivity index (χ4v) is 2.53. The number of anilines is 1. The molecule has 2 rings (SSSR count). The van der Waals surface area contributed by atoms with E-state index in [1.54, 1.807) is 0 Å². The molecule has 0 aliphatic carbocycles. The zero-order valence-electron chi connectivity index (χ0n) is 11.5. The third-order valence-electron chi connectivity index (χ3n) is 3.70. The van der Waals surface area contributed by atoms with E-state index >= 15 is 0 Å². The van der Waals surface area contributed by atoms with Gasteiger partial charge < -0.3 is 15.8 Å². The molecule has 0 spiro atoms. The molecule has 1 aromatic rings. The molecular formula is C14H17F3N2OS. The molecule has 0 radical (unpaired) electrons. The number of benzene rings is 1. The van der Waals surface area contributed by atoms with Gasteiger partial charge in [-0.1, -0.05) is 12.2 Å². The van der Waals surface area contributed by atoms with Crippen LogP contribution < -0.4 is 11.1 Å². The summed E-state index contributed by atoms with van der Waals surface area (Å²) in [6, 6.07) is 3.38. The van der Waals surface area contributed by atoms with Crippen LogP contribution in [0, 0.1) is 5.92 Å². The Morgan fingerprint density at radius 1 is 1.48 bits per heavy atom. The molecule has 2 atom stereocenters. The lowest BCUT2D eigenvalue weighted by molar-refractivity contribution is -0.137. The Balaban J connectivity index is 2.17. The van der Waals surface area contributed by atoms with Crippen molar-refractivity contribution in [2.45, 2.75) is 25.6 Å². The van der Waals surface area contributed by atoms with Crippen LogP contribution in [0.1, 0.15) is 24.5 Å². The van der Waals surface area contributed by atoms with Gasteiger partial charge in [0.25, 0.3) is 0 Å². The maximum Gasteiger partial charge on any atom is 0.416 e. The summed E-state index contributed by atoms with van der Waals surface area (Å²) in [5.74, 6) is 0.325. The van der Waals surface area contributed by atoms with Crippen LogP contribution in [0.3, 0.4) is 0 Å². The van der Waals surface area contributed by atoms with E-state index in [9.17, 15) is 13.2 Å². The predicted octanol–water partition coefficient (Wildman–Crippen LogP) is 3.18. The first-order valence-corrected chi connectivity index (χ1v) is 7.06. The third kappa shape index (κ3) is 3.85. The number of halogens is 3. The van der Waals surface area contributed by atoms with E-state index in [0.29, 0.717) is 24.8 Å². The van der Waals surface area contributed by atoms with Crippen LogP contribution in [-0.2, 0) is 10.9 Å². The van der Waals surface area contributed by atoms with Crippen molar-refractivity contribution in [1.82, 2.24) is 0 Å². The van der Waals surface area contributed by atoms with Crippen molar-refractivity contribution in [3.8, 4) is 0 Å². The first-order chi connectivity index (χ1) is 9.79. The van der Waals surface area contributed by atoms with Gasteiger partial charge in [-0.05, 0) is 31.5 Å². The van der Waals surface area contributed by atoms with Crippen molar-refractivity contribution in [3.63, 3.8) is 0 Å². The van der Waals surface area contributed by atoms with E-state index in [1.165, 1.54) is 6.07 Å². The summed E-state index contributed by atoms with van der Waals surface area (Å²) in [6.45, 7) is 3.31. The second-order valence-electron chi connectivity index (χ2n) is 5.13. The molecule has 2 unspecified atom stereocenters. The quantitative estimate of drug-likeness (QED) is 0.837. The molecule has 1 fully saturated rings. The smallest absolute Gasteiger partial charge is 0.389 e. The fraction of sp³-hybridized carbons (Fsp3) is 0.500. The van der Waals surface area contributed by atoms with E-state index in [-0.39, 0.29) is 16.7 Å². The average molecular weight is 318 g/mol. The average Bonchev–Trinajstić information content (AvgIpc) is 2.80. The van der Waals surface area contributed by atoms with Crippen LogP contribution >= 0.6 is 12.2 Å². The van der Waals surface area contributed by atoms with Gasteiger partial charge in [-0.3, -0.25) is 0 Å². The van der Waals surface area contributed by atoms with E-state index in [1.807, 2.05) is 6.92 Å². The molecular weight excluding hydrogens is 301 g/mol. The fourth-order valence-electron chi connectivity index (χ4n) is 2.36. The summed E-state index contributed by atoms with van der Waals surface area (Å²) >= 11 is 4.85. The van der Waals surface area contributed by atoms with Crippen molar-refractivity contribution >= 4 is 22.9 Å². The van der Waals surface area contributed by atoms with E-state index < -0.39 is 11.7 Å². The van der Waals surface area contributed by atoms with E-state index in [0.717, 1.165) is 18.6 Å². The van der Waals surface area contributed by atoms with E-state index in [2.05, 4.69) is 5.32 Å². The van der Waals surface area contributed by atoms with Gasteiger partial charge in [0, 0.05) is 30.3 Å². The Labute approximate surface area is 126 Å². The van der Waals surface area contributed by atoms with Crippen LogP contribution in [0.5, 0.6) is 0 Å². The van der Waals surface area contributed by atoms with Gasteiger partial charge in [0.2, 0.25) is 0 Å². The first-order valence-electron chi connectivity index (χ1n) is 6.65. The van der Waals surface area contributed by atoms with E-state index in [4.69, 9.17) is 22.7 Å². The molecule has 1 aliphatic rings. The van der Waals surface area contributed by atoms with Crippen molar-refractivity contribution in [3.05, 3.63) is 29.3 Å². The highest BCUT2D eigenvalue weighted by Gasteiger charge is 2.31. The minimum Gasteiger partial charge on any atom is -0.389 e. The SMILES string of the molecule is CC1OCCC1CNc1ccc(C(F)(F)F)cc1C(N)=S. The summed E-state index contributed by atoms with van der Waals surface area (Å²) in [7, 11) is 0. The Morgan fingerprint density at radius 2 is 2.19 bits per heavy atom. The molecule has 1 saturated heterocycles. The van der Waals surface area contributed by atoms with Crippen molar-refractivity contribution < 1.29 is 17.9 Å². The van der Waals surface area contributed by atoms with Gasteiger partial charge in [0.15, 0.2) is 0 Å². The van der Waals surface area contributed by atoms with Gasteiger partial charge in [0.05, 0.1) is 11.7 Å². The zero-order chi connectivity index (χ0) is 15.6. The monoisotopic (exact) mass is 318 g/mol. The minimum absolute atomic E-state index is 0.0562. The van der Waals surface area contributed by atoms with Crippen LogP contribution in [0.4, 0.5) is 18.9 Å². The molecule has 1 aliphatic heterocycles. The first kappa shape index (κ1) is 16.0. The molecule has 1 heterocycles. The van der Waals surface area contributed by atoms with Gasteiger partial charge in [-0.25, -0.2) is 0 Å². The molecule has 7 heteroatoms. The number of thiocarbonyl (C=S) groups is 1. The Hall–Kier alpha value is -1.34. The molecule has 3 N–H and O–H groups in total. The molecule has 0 amide bonds. The second kappa shape index (κ2) is 6.19. The standard InChI is InChI=1S/C14H17F3N2OS/c1-8-9(4-5-20-8)7-19-12-3-2-10(14(15,16)17)6-11(12)13(18)21/h2-3,6,8-9,19H,4-5,7H2,1H3,(H2,18,21). The summed E-state index contributed by atoms with van der Waals surface area (Å²) < 4.78 is 43.6. The normalized spacial score (nSPS) is 22.3. The number of hydrogen-bond donors (Lipinski definition) is 2. The molecule has 3 nitrogen and oxygen atoms in total. The maximum absolute atomic E-state index is 12.7. The zero-order valence-corrected chi connectivity index (χ0v) is 12.4. The lowest BCUT2D eigenvalue weighted by Crippen LogP contribution is -2.22. The lowest BCUT2D eigenvalue weighted by Gasteiger charge is -2.18. The Morgan fingerprint density at radius 3 is 2.71 bits per heavy atom. The molecule has 21 heavy (non-hydrogen) atoms. The highest BCUT2D eigenvalue weighted by atomic mass is 32.1. The number of nitrogens with two attached hydrogens (primary N) is 1. The maximum atomic E-state index is 12.7. The molecule has 1 aromatic carbocycles. The largest absolute Gasteiger partial charge is 0.416 e. The Bertz CT molecular complexity index is 533. The predicted molar refractivity (Wildman–Crippen MR) is 79.3 cm³/mol. The van der Waals surface area contributed by atoms with Gasteiger partial charge in [-0.15, -0.1) is 0 Å². The Kier molecular flexibility index (Phi) is 4.73. The second-order valence-corrected chi connectivity index (χ2v) is 5.57. The van der Waals surface area contributed by atoms with Gasteiger partial charge in [-0.2, -0.15) is 13.2 Å². The summed E-state index contributed by atoms with van der Waals surface area (Å²) in [5.41, 5.74) is 5.52. The van der Waals surface area contributed by atoms with Crippen molar-refractivity contribution in [2.24, 2.45) is 11.7 Å². The number of rotatable bonds is 4. The molecule has 0 bridgehead atoms. The number of hydrogen-bond acceptors (Lipinski definition) is 3. The van der Waals surface area contributed by atoms with Crippen LogP contribution in [0.15, 0.2) is 18.2 Å². The topological polar surface area (TPSA) is 47.3 Å². The number of alkyl halides is 3. The summed E-state index contributed by atoms with van der Waals surface area (Å²) in [5, 5.41) is 3.13. The molecule has 0 aromatic heterocycles. The lowest BCUT2D eigenvalue weighted by atomic mass is 10.0. The third-order valence-corrected chi connectivity index (χ3v) is 3.92. The van der Waals surface area contributed by atoms with Crippen LogP contribution in [-0.4, -0.2) is 24.2 Å². The van der Waals surface area contributed by atoms with Crippen molar-refractivity contribution in [2.75, 3.05) is 18.5 Å². The van der Waals surface area contributed by atoms with Gasteiger partial charge in [0.1, 0.15) is 4.99 Å². The molecule has 116 valence electrons. The van der Waals surface area contributed by atoms with Crippen LogP contribution in [0.25, 0.3) is 0 Å². The summed E-state index contributed by atoms with van der Waals surface area (Å²) in [6.07, 6.45) is -3.34. The van der Waals surface area contributed by atoms with Crippen LogP contribution in [0.2, 0.25) is 0 Å². The van der Waals surface area contributed by atoms with Gasteiger partial charge >= 0.3 is 6.18 Å².